The quantitative estimate of drug-likeness (QED) is 0.627. The van der Waals surface area contributed by atoms with Gasteiger partial charge in [-0.25, -0.2) is 9.98 Å². The highest BCUT2D eigenvalue weighted by Gasteiger charge is 2.27. The standard InChI is InChI=1S/C16H14BrN5O2/c1-24-13-7-9(17)8(6-12(13)23)14-20-15(18)21-16-19-10-4-2-3-5-11(10)22(14)16/h2-7,14,23H,1H3,(H3,18,19,20,21). The van der Waals surface area contributed by atoms with Crippen LogP contribution in [0.5, 0.6) is 11.5 Å². The van der Waals surface area contributed by atoms with Crippen molar-refractivity contribution in [3.05, 3.63) is 46.4 Å². The molecule has 0 bridgehead atoms. The summed E-state index contributed by atoms with van der Waals surface area (Å²) < 4.78 is 7.84. The van der Waals surface area contributed by atoms with Gasteiger partial charge in [-0.2, -0.15) is 0 Å². The predicted octanol–water partition coefficient (Wildman–Crippen LogP) is 2.80. The van der Waals surface area contributed by atoms with Crippen LogP contribution in [0.2, 0.25) is 0 Å². The molecule has 1 atom stereocenters. The summed E-state index contributed by atoms with van der Waals surface area (Å²) in [5, 5.41) is 13.1. The topological polar surface area (TPSA) is 97.7 Å². The Morgan fingerprint density at radius 3 is 2.92 bits per heavy atom. The van der Waals surface area contributed by atoms with Crippen molar-refractivity contribution in [2.45, 2.75) is 6.17 Å². The second-order valence-corrected chi connectivity index (χ2v) is 6.21. The van der Waals surface area contributed by atoms with E-state index in [2.05, 4.69) is 31.2 Å². The van der Waals surface area contributed by atoms with Gasteiger partial charge in [-0.15, -0.1) is 0 Å². The molecule has 122 valence electrons. The number of ether oxygens (including phenoxy) is 1. The van der Waals surface area contributed by atoms with Crippen LogP contribution < -0.4 is 15.8 Å². The minimum absolute atomic E-state index is 0.0361. The van der Waals surface area contributed by atoms with Gasteiger partial charge >= 0.3 is 0 Å². The molecular weight excluding hydrogens is 374 g/mol. The number of halogens is 1. The van der Waals surface area contributed by atoms with E-state index in [4.69, 9.17) is 10.5 Å². The number of nitrogens with zero attached hydrogens (tertiary/aromatic N) is 3. The van der Waals surface area contributed by atoms with Crippen LogP contribution in [0.1, 0.15) is 11.7 Å². The third-order valence-corrected chi connectivity index (χ3v) is 4.60. The first-order valence-corrected chi connectivity index (χ1v) is 8.01. The van der Waals surface area contributed by atoms with Crippen LogP contribution in [0.4, 0.5) is 5.95 Å². The van der Waals surface area contributed by atoms with Gasteiger partial charge in [-0.1, -0.05) is 28.1 Å². The Balaban J connectivity index is 1.96. The van der Waals surface area contributed by atoms with E-state index in [0.717, 1.165) is 21.1 Å². The fourth-order valence-corrected chi connectivity index (χ4v) is 3.37. The van der Waals surface area contributed by atoms with Crippen molar-refractivity contribution < 1.29 is 9.84 Å². The Bertz CT molecular complexity index is 982. The van der Waals surface area contributed by atoms with Gasteiger partial charge in [0.25, 0.3) is 0 Å². The van der Waals surface area contributed by atoms with Crippen molar-refractivity contribution in [2.24, 2.45) is 10.7 Å². The number of imidazole rings is 1. The highest BCUT2D eigenvalue weighted by molar-refractivity contribution is 9.10. The lowest BCUT2D eigenvalue weighted by Gasteiger charge is -2.25. The van der Waals surface area contributed by atoms with Gasteiger partial charge < -0.3 is 15.6 Å². The molecule has 0 fully saturated rings. The normalized spacial score (nSPS) is 16.4. The van der Waals surface area contributed by atoms with E-state index in [1.807, 2.05) is 28.8 Å². The molecule has 3 aromatic rings. The van der Waals surface area contributed by atoms with E-state index >= 15 is 0 Å². The molecule has 0 spiro atoms. The van der Waals surface area contributed by atoms with E-state index in [9.17, 15) is 5.11 Å². The smallest absolute Gasteiger partial charge is 0.212 e. The van der Waals surface area contributed by atoms with Crippen molar-refractivity contribution in [1.29, 1.82) is 0 Å². The van der Waals surface area contributed by atoms with Gasteiger partial charge in [0, 0.05) is 10.0 Å². The van der Waals surface area contributed by atoms with Crippen LogP contribution in [-0.2, 0) is 0 Å². The summed E-state index contributed by atoms with van der Waals surface area (Å²) in [6.45, 7) is 0. The number of guanidine groups is 1. The Hall–Kier alpha value is -2.74. The fourth-order valence-electron chi connectivity index (χ4n) is 2.85. The van der Waals surface area contributed by atoms with Crippen molar-refractivity contribution in [2.75, 3.05) is 12.4 Å². The lowest BCUT2D eigenvalue weighted by Crippen LogP contribution is -2.31. The number of methoxy groups -OCH3 is 1. The maximum atomic E-state index is 10.2. The minimum atomic E-state index is -0.458. The predicted molar refractivity (Wildman–Crippen MR) is 95.5 cm³/mol. The second kappa shape index (κ2) is 5.41. The lowest BCUT2D eigenvalue weighted by molar-refractivity contribution is 0.372. The SMILES string of the molecule is COc1cc(Br)c(C2N=C(N)Nc3nc4ccccc4n32)cc1O. The maximum absolute atomic E-state index is 10.2. The summed E-state index contributed by atoms with van der Waals surface area (Å²) in [4.78, 5) is 9.05. The Kier molecular flexibility index (Phi) is 3.34. The molecule has 4 rings (SSSR count). The van der Waals surface area contributed by atoms with Crippen LogP contribution in [0.25, 0.3) is 11.0 Å². The van der Waals surface area contributed by atoms with Crippen molar-refractivity contribution in [3.63, 3.8) is 0 Å². The molecule has 2 heterocycles. The maximum Gasteiger partial charge on any atom is 0.212 e. The number of nitrogens with two attached hydrogens (primary N) is 1. The van der Waals surface area contributed by atoms with Crippen LogP contribution in [0, 0.1) is 0 Å². The average Bonchev–Trinajstić information content (AvgIpc) is 2.93. The van der Waals surface area contributed by atoms with Crippen molar-refractivity contribution >= 4 is 38.9 Å². The number of hydrogen-bond acceptors (Lipinski definition) is 6. The number of phenolic OH excluding ortho intramolecular Hbond substituents is 1. The molecule has 0 saturated carbocycles. The first-order valence-electron chi connectivity index (χ1n) is 7.22. The zero-order valence-corrected chi connectivity index (χ0v) is 14.3. The van der Waals surface area contributed by atoms with Gasteiger partial charge in [0.15, 0.2) is 23.6 Å². The summed E-state index contributed by atoms with van der Waals surface area (Å²) in [6.07, 6.45) is -0.458. The van der Waals surface area contributed by atoms with Gasteiger partial charge in [-0.05, 0) is 24.3 Å². The van der Waals surface area contributed by atoms with Crippen molar-refractivity contribution in [1.82, 2.24) is 9.55 Å². The fraction of sp³-hybridized carbons (Fsp3) is 0.125. The molecule has 7 nitrogen and oxygen atoms in total. The Morgan fingerprint density at radius 2 is 2.12 bits per heavy atom. The van der Waals surface area contributed by atoms with E-state index in [0.29, 0.717) is 11.7 Å². The zero-order chi connectivity index (χ0) is 16.8. The molecule has 4 N–H and O–H groups in total. The monoisotopic (exact) mass is 387 g/mol. The molecule has 1 aliphatic heterocycles. The first kappa shape index (κ1) is 14.8. The molecule has 0 aliphatic carbocycles. The molecule has 8 heteroatoms. The zero-order valence-electron chi connectivity index (χ0n) is 12.7. The Labute approximate surface area is 145 Å². The third-order valence-electron chi connectivity index (χ3n) is 3.92. The summed E-state index contributed by atoms with van der Waals surface area (Å²) in [5.74, 6) is 1.29. The van der Waals surface area contributed by atoms with E-state index < -0.39 is 6.17 Å². The molecular formula is C16H14BrN5O2. The number of rotatable bonds is 2. The number of aromatic nitrogens is 2. The number of nitrogens with one attached hydrogen (secondary N) is 1. The van der Waals surface area contributed by atoms with Crippen LogP contribution in [-0.4, -0.2) is 27.7 Å². The molecule has 1 aliphatic rings. The molecule has 24 heavy (non-hydrogen) atoms. The number of hydrogen-bond donors (Lipinski definition) is 3. The number of anilines is 1. The molecule has 1 unspecified atom stereocenters. The van der Waals surface area contributed by atoms with Gasteiger partial charge in [0.1, 0.15) is 0 Å². The van der Waals surface area contributed by atoms with Gasteiger partial charge in [0.05, 0.1) is 18.1 Å². The van der Waals surface area contributed by atoms with Crippen LogP contribution >= 0.6 is 15.9 Å². The molecule has 0 radical (unpaired) electrons. The molecule has 2 aromatic carbocycles. The van der Waals surface area contributed by atoms with E-state index in [1.54, 1.807) is 12.1 Å². The van der Waals surface area contributed by atoms with E-state index in [-0.39, 0.29) is 11.7 Å². The Morgan fingerprint density at radius 1 is 1.33 bits per heavy atom. The van der Waals surface area contributed by atoms with Crippen LogP contribution in [0.3, 0.4) is 0 Å². The number of phenols is 1. The summed E-state index contributed by atoms with van der Waals surface area (Å²) in [7, 11) is 1.50. The second-order valence-electron chi connectivity index (χ2n) is 5.35. The molecule has 0 amide bonds. The van der Waals surface area contributed by atoms with Gasteiger partial charge in [0.2, 0.25) is 5.95 Å². The number of benzene rings is 2. The number of aromatic hydroxyl groups is 1. The summed E-state index contributed by atoms with van der Waals surface area (Å²) >= 11 is 3.53. The third kappa shape index (κ3) is 2.18. The number of fused-ring (bicyclic) bond motifs is 3. The molecule has 1 aromatic heterocycles. The largest absolute Gasteiger partial charge is 0.504 e. The lowest BCUT2D eigenvalue weighted by atomic mass is 10.1. The van der Waals surface area contributed by atoms with Gasteiger partial charge in [-0.3, -0.25) is 9.88 Å². The summed E-state index contributed by atoms with van der Waals surface area (Å²) in [6, 6.07) is 11.1. The van der Waals surface area contributed by atoms with Crippen molar-refractivity contribution in [3.8, 4) is 11.5 Å². The number of aliphatic imine (C=N–C) groups is 1. The minimum Gasteiger partial charge on any atom is -0.504 e. The van der Waals surface area contributed by atoms with Crippen LogP contribution in [0.15, 0.2) is 45.9 Å². The first-order chi connectivity index (χ1) is 11.6. The number of para-hydroxylation sites is 2. The summed E-state index contributed by atoms with van der Waals surface area (Å²) in [5.41, 5.74) is 8.44. The molecule has 0 saturated heterocycles. The highest BCUT2D eigenvalue weighted by atomic mass is 79.9. The highest BCUT2D eigenvalue weighted by Crippen LogP contribution is 2.40. The average molecular weight is 388 g/mol. The van der Waals surface area contributed by atoms with E-state index in [1.165, 1.54) is 7.11 Å².